The molecule has 0 atom stereocenters. The number of β-amino-alcohol motifs (C(OH)–C–C–N with tert-alkyl or cyclic N) is 1. The lowest BCUT2D eigenvalue weighted by molar-refractivity contribution is 0.0344. The zero-order valence-electron chi connectivity index (χ0n) is 13.0. The molecular weight excluding hydrogens is 284 g/mol. The Balaban J connectivity index is 2.09. The van der Waals surface area contributed by atoms with Crippen LogP contribution in [0.15, 0.2) is 12.1 Å². The van der Waals surface area contributed by atoms with E-state index in [2.05, 4.69) is 14.8 Å². The van der Waals surface area contributed by atoms with Gasteiger partial charge in [0, 0.05) is 38.4 Å². The molecule has 0 radical (unpaired) electrons. The molecule has 0 bridgehead atoms. The van der Waals surface area contributed by atoms with Crippen molar-refractivity contribution < 1.29 is 5.11 Å². The van der Waals surface area contributed by atoms with Gasteiger partial charge in [0.25, 0.3) is 0 Å². The van der Waals surface area contributed by atoms with Gasteiger partial charge in [-0.15, -0.1) is 0 Å². The minimum absolute atomic E-state index is 0.386. The number of piperazine rings is 1. The number of hydrogen-bond acceptors (Lipinski definition) is 5. The fourth-order valence-corrected chi connectivity index (χ4v) is 2.80. The molecule has 0 spiro atoms. The molecule has 0 amide bonds. The number of anilines is 1. The summed E-state index contributed by atoms with van der Waals surface area (Å²) in [6, 6.07) is 3.88. The van der Waals surface area contributed by atoms with Crippen molar-refractivity contribution in [2.45, 2.75) is 26.4 Å². The van der Waals surface area contributed by atoms with Gasteiger partial charge in [-0.25, -0.2) is 4.98 Å². The third-order valence-corrected chi connectivity index (χ3v) is 3.78. The van der Waals surface area contributed by atoms with Gasteiger partial charge in [0.05, 0.1) is 11.2 Å². The van der Waals surface area contributed by atoms with Crippen molar-refractivity contribution in [3.63, 3.8) is 0 Å². The number of hydrogen-bond donors (Lipinski definition) is 2. The molecule has 116 valence electrons. The molecule has 21 heavy (non-hydrogen) atoms. The van der Waals surface area contributed by atoms with Crippen LogP contribution in [0, 0.1) is 6.92 Å². The van der Waals surface area contributed by atoms with E-state index in [1.807, 2.05) is 32.9 Å². The highest BCUT2D eigenvalue weighted by Crippen LogP contribution is 2.21. The summed E-state index contributed by atoms with van der Waals surface area (Å²) in [6.45, 7) is 9.86. The molecule has 1 fully saturated rings. The standard InChI is InChI=1S/C15H24N4OS/c1-11-4-5-12(13(16)21)14(17-11)19-8-6-18(7-9-19)10-15(2,3)20/h4-5,20H,6-10H2,1-3H3,(H2,16,21). The molecule has 1 saturated heterocycles. The molecule has 1 aliphatic heterocycles. The maximum atomic E-state index is 9.90. The molecule has 0 saturated carbocycles. The molecule has 3 N–H and O–H groups in total. The van der Waals surface area contributed by atoms with Crippen molar-refractivity contribution in [3.05, 3.63) is 23.4 Å². The van der Waals surface area contributed by atoms with Crippen LogP contribution in [-0.2, 0) is 0 Å². The van der Waals surface area contributed by atoms with E-state index in [0.29, 0.717) is 11.5 Å². The van der Waals surface area contributed by atoms with Crippen molar-refractivity contribution in [3.8, 4) is 0 Å². The third-order valence-electron chi connectivity index (χ3n) is 3.56. The molecule has 5 nitrogen and oxygen atoms in total. The molecular formula is C15H24N4OS. The van der Waals surface area contributed by atoms with Gasteiger partial charge in [-0.3, -0.25) is 4.90 Å². The second-order valence-electron chi connectivity index (χ2n) is 6.26. The number of aryl methyl sites for hydroxylation is 1. The zero-order valence-corrected chi connectivity index (χ0v) is 13.8. The Kier molecular flexibility index (Phi) is 4.81. The Hall–Kier alpha value is -1.24. The number of aliphatic hydroxyl groups is 1. The molecule has 0 unspecified atom stereocenters. The van der Waals surface area contributed by atoms with Gasteiger partial charge in [0.15, 0.2) is 0 Å². The van der Waals surface area contributed by atoms with Crippen LogP contribution in [0.3, 0.4) is 0 Å². The summed E-state index contributed by atoms with van der Waals surface area (Å²) in [7, 11) is 0. The lowest BCUT2D eigenvalue weighted by Crippen LogP contribution is -2.51. The number of rotatable bonds is 4. The topological polar surface area (TPSA) is 65.6 Å². The zero-order chi connectivity index (χ0) is 15.6. The monoisotopic (exact) mass is 308 g/mol. The van der Waals surface area contributed by atoms with E-state index >= 15 is 0 Å². The fraction of sp³-hybridized carbons (Fsp3) is 0.600. The fourth-order valence-electron chi connectivity index (χ4n) is 2.64. The summed E-state index contributed by atoms with van der Waals surface area (Å²) >= 11 is 5.12. The van der Waals surface area contributed by atoms with Gasteiger partial charge in [0.1, 0.15) is 10.8 Å². The van der Waals surface area contributed by atoms with E-state index in [-0.39, 0.29) is 0 Å². The van der Waals surface area contributed by atoms with E-state index < -0.39 is 5.60 Å². The Morgan fingerprint density at radius 2 is 1.95 bits per heavy atom. The van der Waals surface area contributed by atoms with Crippen LogP contribution >= 0.6 is 12.2 Å². The van der Waals surface area contributed by atoms with Gasteiger partial charge < -0.3 is 15.7 Å². The highest BCUT2D eigenvalue weighted by Gasteiger charge is 2.24. The number of nitrogens with two attached hydrogens (primary N) is 1. The lowest BCUT2D eigenvalue weighted by atomic mass is 10.1. The van der Waals surface area contributed by atoms with Gasteiger partial charge in [-0.1, -0.05) is 12.2 Å². The van der Waals surface area contributed by atoms with Gasteiger partial charge in [-0.05, 0) is 32.9 Å². The first-order valence-electron chi connectivity index (χ1n) is 7.23. The summed E-state index contributed by atoms with van der Waals surface area (Å²) < 4.78 is 0. The average molecular weight is 308 g/mol. The molecule has 0 aromatic carbocycles. The SMILES string of the molecule is Cc1ccc(C(N)=S)c(N2CCN(CC(C)(C)O)CC2)n1. The van der Waals surface area contributed by atoms with Crippen LogP contribution in [0.25, 0.3) is 0 Å². The Bertz CT molecular complexity index is 519. The second-order valence-corrected chi connectivity index (χ2v) is 6.70. The Morgan fingerprint density at radius 3 is 2.48 bits per heavy atom. The molecule has 2 rings (SSSR count). The molecule has 1 aromatic heterocycles. The van der Waals surface area contributed by atoms with Crippen molar-refractivity contribution in [1.29, 1.82) is 0 Å². The van der Waals surface area contributed by atoms with E-state index in [1.54, 1.807) is 0 Å². The minimum Gasteiger partial charge on any atom is -0.389 e. The first-order chi connectivity index (χ1) is 9.76. The van der Waals surface area contributed by atoms with Crippen LogP contribution in [0.4, 0.5) is 5.82 Å². The summed E-state index contributed by atoms with van der Waals surface area (Å²) in [5.41, 5.74) is 6.95. The number of aromatic nitrogens is 1. The summed E-state index contributed by atoms with van der Waals surface area (Å²) in [4.78, 5) is 9.49. The minimum atomic E-state index is -0.659. The first-order valence-corrected chi connectivity index (χ1v) is 7.64. The van der Waals surface area contributed by atoms with Gasteiger partial charge in [-0.2, -0.15) is 0 Å². The van der Waals surface area contributed by atoms with E-state index in [0.717, 1.165) is 43.3 Å². The summed E-state index contributed by atoms with van der Waals surface area (Å²) in [6.07, 6.45) is 0. The quantitative estimate of drug-likeness (QED) is 0.806. The predicted molar refractivity (Wildman–Crippen MR) is 89.8 cm³/mol. The van der Waals surface area contributed by atoms with Crippen molar-refractivity contribution in [1.82, 2.24) is 9.88 Å². The van der Waals surface area contributed by atoms with Crippen LogP contribution in [0.5, 0.6) is 0 Å². The summed E-state index contributed by atoms with van der Waals surface area (Å²) in [5, 5.41) is 9.90. The van der Waals surface area contributed by atoms with E-state index in [4.69, 9.17) is 18.0 Å². The highest BCUT2D eigenvalue weighted by molar-refractivity contribution is 7.80. The molecule has 0 aliphatic carbocycles. The van der Waals surface area contributed by atoms with Crippen molar-refractivity contribution in [2.24, 2.45) is 5.73 Å². The van der Waals surface area contributed by atoms with Gasteiger partial charge in [0.2, 0.25) is 0 Å². The third kappa shape index (κ3) is 4.36. The normalized spacial score (nSPS) is 17.0. The lowest BCUT2D eigenvalue weighted by Gasteiger charge is -2.38. The highest BCUT2D eigenvalue weighted by atomic mass is 32.1. The van der Waals surface area contributed by atoms with Crippen LogP contribution in [-0.4, -0.2) is 58.3 Å². The van der Waals surface area contributed by atoms with Crippen molar-refractivity contribution >= 4 is 23.0 Å². The predicted octanol–water partition coefficient (Wildman–Crippen LogP) is 0.917. The van der Waals surface area contributed by atoms with Crippen LogP contribution < -0.4 is 10.6 Å². The van der Waals surface area contributed by atoms with E-state index in [9.17, 15) is 5.11 Å². The largest absolute Gasteiger partial charge is 0.389 e. The number of pyridine rings is 1. The Morgan fingerprint density at radius 1 is 1.33 bits per heavy atom. The smallest absolute Gasteiger partial charge is 0.139 e. The molecule has 6 heteroatoms. The second kappa shape index (κ2) is 6.25. The van der Waals surface area contributed by atoms with E-state index in [1.165, 1.54) is 0 Å². The molecule has 1 aliphatic rings. The van der Waals surface area contributed by atoms with Crippen LogP contribution in [0.2, 0.25) is 0 Å². The van der Waals surface area contributed by atoms with Gasteiger partial charge >= 0.3 is 0 Å². The average Bonchev–Trinajstić information content (AvgIpc) is 2.37. The maximum Gasteiger partial charge on any atom is 0.139 e. The molecule has 2 heterocycles. The Labute approximate surface area is 131 Å². The van der Waals surface area contributed by atoms with Crippen LogP contribution in [0.1, 0.15) is 25.1 Å². The molecule has 1 aromatic rings. The van der Waals surface area contributed by atoms with Crippen molar-refractivity contribution in [2.75, 3.05) is 37.6 Å². The first kappa shape index (κ1) is 16.1. The number of nitrogens with zero attached hydrogens (tertiary/aromatic N) is 3. The maximum absolute atomic E-state index is 9.90. The number of thiocarbonyl (C=S) groups is 1. The summed E-state index contributed by atoms with van der Waals surface area (Å²) in [5.74, 6) is 0.880.